The van der Waals surface area contributed by atoms with Crippen LogP contribution in [0.4, 0.5) is 13.2 Å². The molecule has 0 bridgehead atoms. The molecule has 30 heavy (non-hydrogen) atoms. The van der Waals surface area contributed by atoms with Crippen molar-refractivity contribution < 1.29 is 27.9 Å². The fourth-order valence-corrected chi connectivity index (χ4v) is 3.25. The summed E-state index contributed by atoms with van der Waals surface area (Å²) >= 11 is 1.41. The van der Waals surface area contributed by atoms with Crippen LogP contribution in [0.15, 0.2) is 47.8 Å². The minimum Gasteiger partial charge on any atom is -0.438 e. The van der Waals surface area contributed by atoms with Crippen molar-refractivity contribution in [3.63, 3.8) is 0 Å². The van der Waals surface area contributed by atoms with Gasteiger partial charge in [-0.1, -0.05) is 35.5 Å². The molecule has 11 heteroatoms. The Hall–Kier alpha value is -3.21. The monoisotopic (exact) mass is 438 g/mol. The molecule has 0 aliphatic rings. The van der Waals surface area contributed by atoms with Gasteiger partial charge >= 0.3 is 6.36 Å². The van der Waals surface area contributed by atoms with E-state index in [0.29, 0.717) is 16.5 Å². The fraction of sp³-hybridized carbons (Fsp3) is 0.263. The minimum absolute atomic E-state index is 0.0411. The van der Waals surface area contributed by atoms with E-state index in [9.17, 15) is 18.4 Å². The summed E-state index contributed by atoms with van der Waals surface area (Å²) in [7, 11) is 0. The van der Waals surface area contributed by atoms with Gasteiger partial charge in [0.1, 0.15) is 22.2 Å². The van der Waals surface area contributed by atoms with Gasteiger partial charge in [-0.05, 0) is 42.7 Å². The maximum absolute atomic E-state index is 12.3. The van der Waals surface area contributed by atoms with Crippen LogP contribution in [0.25, 0.3) is 10.7 Å². The van der Waals surface area contributed by atoms with E-state index in [1.165, 1.54) is 41.8 Å². The summed E-state index contributed by atoms with van der Waals surface area (Å²) in [5.41, 5.74) is 1.37. The summed E-state index contributed by atoms with van der Waals surface area (Å²) in [6, 6.07) is 8.87. The number of rotatable bonds is 6. The van der Waals surface area contributed by atoms with Gasteiger partial charge in [0.2, 0.25) is 5.90 Å². The van der Waals surface area contributed by atoms with E-state index in [0.717, 1.165) is 10.6 Å². The average molecular weight is 438 g/mol. The SMILES string of the molecule is Cc1nnc(-c2ccc(O/C(CC(C)c3ccc(OC(F)(F)F)cc3)=N/O)cn2)s1. The van der Waals surface area contributed by atoms with E-state index in [-0.39, 0.29) is 24.0 Å². The molecule has 0 saturated heterocycles. The molecule has 3 rings (SSSR count). The highest BCUT2D eigenvalue weighted by Crippen LogP contribution is 2.27. The molecule has 0 spiro atoms. The van der Waals surface area contributed by atoms with Crippen molar-refractivity contribution in [3.8, 4) is 22.2 Å². The number of halogens is 3. The first kappa shape index (κ1) is 21.5. The highest BCUT2D eigenvalue weighted by atomic mass is 32.1. The topological polar surface area (TPSA) is 89.7 Å². The molecular weight excluding hydrogens is 421 g/mol. The van der Waals surface area contributed by atoms with Crippen molar-refractivity contribution in [1.82, 2.24) is 15.2 Å². The summed E-state index contributed by atoms with van der Waals surface area (Å²) in [6.45, 7) is 3.67. The summed E-state index contributed by atoms with van der Waals surface area (Å²) in [5.74, 6) is -0.0803. The molecule has 0 fully saturated rings. The van der Waals surface area contributed by atoms with Crippen molar-refractivity contribution in [1.29, 1.82) is 0 Å². The van der Waals surface area contributed by atoms with Gasteiger partial charge in [-0.25, -0.2) is 4.98 Å². The smallest absolute Gasteiger partial charge is 0.438 e. The first-order valence-electron chi connectivity index (χ1n) is 8.74. The van der Waals surface area contributed by atoms with Crippen molar-refractivity contribution in [3.05, 3.63) is 53.2 Å². The third kappa shape index (κ3) is 5.89. The summed E-state index contributed by atoms with van der Waals surface area (Å²) < 4.78 is 46.2. The average Bonchev–Trinajstić information content (AvgIpc) is 3.13. The normalized spacial score (nSPS) is 13.2. The van der Waals surface area contributed by atoms with Gasteiger partial charge < -0.3 is 14.7 Å². The van der Waals surface area contributed by atoms with Gasteiger partial charge in [-0.15, -0.1) is 23.4 Å². The van der Waals surface area contributed by atoms with Crippen LogP contribution >= 0.6 is 11.3 Å². The van der Waals surface area contributed by atoms with E-state index in [4.69, 9.17) is 4.74 Å². The van der Waals surface area contributed by atoms with Gasteiger partial charge in [0.15, 0.2) is 5.01 Å². The second-order valence-corrected chi connectivity index (χ2v) is 7.50. The molecule has 0 aliphatic heterocycles. The molecule has 0 amide bonds. The molecular formula is C19H17F3N4O3S. The number of hydrogen-bond acceptors (Lipinski definition) is 8. The van der Waals surface area contributed by atoms with Crippen molar-refractivity contribution >= 4 is 17.2 Å². The molecule has 1 aromatic carbocycles. The molecule has 158 valence electrons. The Kier molecular flexibility index (Phi) is 6.50. The molecule has 3 aromatic rings. The van der Waals surface area contributed by atoms with Crippen LogP contribution in [0.5, 0.6) is 11.5 Å². The van der Waals surface area contributed by atoms with E-state index in [1.807, 2.05) is 13.8 Å². The molecule has 1 unspecified atom stereocenters. The Balaban J connectivity index is 1.61. The van der Waals surface area contributed by atoms with Crippen LogP contribution < -0.4 is 9.47 Å². The van der Waals surface area contributed by atoms with Crippen molar-refractivity contribution in [2.45, 2.75) is 32.5 Å². The van der Waals surface area contributed by atoms with Gasteiger partial charge in [-0.3, -0.25) is 0 Å². The number of ether oxygens (including phenoxy) is 2. The van der Waals surface area contributed by atoms with E-state index in [1.54, 1.807) is 12.1 Å². The molecule has 1 N–H and O–H groups in total. The Morgan fingerprint density at radius 3 is 2.37 bits per heavy atom. The predicted octanol–water partition coefficient (Wildman–Crippen LogP) is 5.17. The maximum Gasteiger partial charge on any atom is 0.573 e. The predicted molar refractivity (Wildman–Crippen MR) is 104 cm³/mol. The summed E-state index contributed by atoms with van der Waals surface area (Å²) in [4.78, 5) is 4.27. The van der Waals surface area contributed by atoms with Crippen LogP contribution in [0.1, 0.15) is 29.8 Å². The molecule has 0 aliphatic carbocycles. The van der Waals surface area contributed by atoms with Crippen molar-refractivity contribution in [2.75, 3.05) is 0 Å². The summed E-state index contributed by atoms with van der Waals surface area (Å²) in [6.07, 6.45) is -3.05. The highest BCUT2D eigenvalue weighted by molar-refractivity contribution is 7.14. The lowest BCUT2D eigenvalue weighted by molar-refractivity contribution is -0.274. The highest BCUT2D eigenvalue weighted by Gasteiger charge is 2.31. The maximum atomic E-state index is 12.3. The number of alkyl halides is 3. The second kappa shape index (κ2) is 9.08. The number of benzene rings is 1. The number of oxime groups is 1. The van der Waals surface area contributed by atoms with Crippen LogP contribution in [-0.4, -0.2) is 32.6 Å². The zero-order valence-electron chi connectivity index (χ0n) is 15.9. The molecule has 2 heterocycles. The van der Waals surface area contributed by atoms with Gasteiger partial charge in [0, 0.05) is 6.42 Å². The minimum atomic E-state index is -4.74. The Morgan fingerprint density at radius 1 is 1.13 bits per heavy atom. The standard InChI is InChI=1S/C19H17F3N4O3S/c1-11(13-3-5-14(6-4-13)29-19(20,21)22)9-17(26-27)28-15-7-8-16(23-10-15)18-25-24-12(2)30-18/h3-8,10-11,27H,9H2,1-2H3/b26-17+. The zero-order chi connectivity index (χ0) is 21.7. The lowest BCUT2D eigenvalue weighted by Gasteiger charge is -2.14. The third-order valence-corrected chi connectivity index (χ3v) is 4.85. The quantitative estimate of drug-likeness (QED) is 0.247. The number of aromatic nitrogens is 3. The number of hydrogen-bond donors (Lipinski definition) is 1. The molecule has 2 aromatic heterocycles. The van der Waals surface area contributed by atoms with E-state index in [2.05, 4.69) is 25.1 Å². The second-order valence-electron chi connectivity index (χ2n) is 6.32. The van der Waals surface area contributed by atoms with Gasteiger partial charge in [0.25, 0.3) is 0 Å². The lowest BCUT2D eigenvalue weighted by Crippen LogP contribution is -2.17. The number of aryl methyl sites for hydroxylation is 1. The first-order valence-corrected chi connectivity index (χ1v) is 9.56. The number of pyridine rings is 1. The van der Waals surface area contributed by atoms with E-state index >= 15 is 0 Å². The van der Waals surface area contributed by atoms with Crippen molar-refractivity contribution in [2.24, 2.45) is 5.16 Å². The fourth-order valence-electron chi connectivity index (χ4n) is 2.58. The van der Waals surface area contributed by atoms with E-state index < -0.39 is 6.36 Å². The molecule has 0 saturated carbocycles. The van der Waals surface area contributed by atoms with Gasteiger partial charge in [-0.2, -0.15) is 0 Å². The third-order valence-electron chi connectivity index (χ3n) is 3.99. The number of nitrogens with zero attached hydrogens (tertiary/aromatic N) is 4. The summed E-state index contributed by atoms with van der Waals surface area (Å²) in [5, 5.41) is 21.9. The van der Waals surface area contributed by atoms with Crippen LogP contribution in [0, 0.1) is 6.92 Å². The van der Waals surface area contributed by atoms with Crippen LogP contribution in [0.3, 0.4) is 0 Å². The Bertz CT molecular complexity index is 1010. The van der Waals surface area contributed by atoms with Crippen LogP contribution in [0.2, 0.25) is 0 Å². The Labute approximate surface area is 173 Å². The molecule has 7 nitrogen and oxygen atoms in total. The zero-order valence-corrected chi connectivity index (χ0v) is 16.7. The first-order chi connectivity index (χ1) is 14.2. The Morgan fingerprint density at radius 2 is 1.83 bits per heavy atom. The van der Waals surface area contributed by atoms with Crippen LogP contribution in [-0.2, 0) is 0 Å². The largest absolute Gasteiger partial charge is 0.573 e. The molecule has 0 radical (unpaired) electrons. The van der Waals surface area contributed by atoms with Gasteiger partial charge in [0.05, 0.1) is 6.20 Å². The molecule has 1 atom stereocenters. The lowest BCUT2D eigenvalue weighted by atomic mass is 9.98.